The molecule has 1 saturated heterocycles. The third kappa shape index (κ3) is 5.35. The molecule has 1 aliphatic carbocycles. The lowest BCUT2D eigenvalue weighted by Gasteiger charge is -2.59. The third-order valence-electron chi connectivity index (χ3n) is 6.33. The molecule has 0 spiro atoms. The standard InChI is InChI=1S/C20H38N4O.HI/c1-8-21-18(23-17-13-20(6,25-7)19(17,4)5)22-16-9-11-24(12-10-16)14-15(2)3;/h16-17H,2,8-14H2,1,3-7H3,(H2,21,22,23);1H. The number of nitrogens with zero attached hydrogens (tertiary/aromatic N) is 2. The number of halogens is 1. The fraction of sp³-hybridized carbons (Fsp3) is 0.850. The van der Waals surface area contributed by atoms with E-state index in [1.54, 1.807) is 0 Å². The van der Waals surface area contributed by atoms with Crippen molar-refractivity contribution in [2.24, 2.45) is 10.4 Å². The van der Waals surface area contributed by atoms with Crippen LogP contribution in [0.1, 0.15) is 53.9 Å². The Kier molecular flexibility index (Phi) is 8.87. The Balaban J connectivity index is 0.00000338. The summed E-state index contributed by atoms with van der Waals surface area (Å²) in [6, 6.07) is 0.884. The van der Waals surface area contributed by atoms with Crippen molar-refractivity contribution in [3.63, 3.8) is 0 Å². The van der Waals surface area contributed by atoms with Crippen molar-refractivity contribution in [2.45, 2.75) is 71.6 Å². The smallest absolute Gasteiger partial charge is 0.191 e. The Hall–Kier alpha value is -0.340. The van der Waals surface area contributed by atoms with Crippen molar-refractivity contribution < 1.29 is 4.74 Å². The minimum atomic E-state index is -0.0596. The molecular formula is C20H39IN4O. The van der Waals surface area contributed by atoms with Gasteiger partial charge in [0.15, 0.2) is 5.96 Å². The molecule has 5 nitrogen and oxygen atoms in total. The van der Waals surface area contributed by atoms with Gasteiger partial charge < -0.3 is 15.4 Å². The van der Waals surface area contributed by atoms with Crippen molar-refractivity contribution in [3.8, 4) is 0 Å². The van der Waals surface area contributed by atoms with Crippen LogP contribution in [0.3, 0.4) is 0 Å². The number of guanidine groups is 1. The Labute approximate surface area is 177 Å². The van der Waals surface area contributed by atoms with Gasteiger partial charge in [0.1, 0.15) is 0 Å². The van der Waals surface area contributed by atoms with Crippen molar-refractivity contribution in [3.05, 3.63) is 12.2 Å². The molecule has 2 N–H and O–H groups in total. The van der Waals surface area contributed by atoms with Gasteiger partial charge in [-0.1, -0.05) is 26.0 Å². The van der Waals surface area contributed by atoms with Gasteiger partial charge in [-0.05, 0) is 40.0 Å². The SMILES string of the molecule is C=C(C)CN1CCC(NC(=NCC)NC2CC(C)(OC)C2(C)C)CC1.I. The first kappa shape index (κ1) is 23.7. The van der Waals surface area contributed by atoms with Crippen LogP contribution in [0.25, 0.3) is 0 Å². The molecule has 0 bridgehead atoms. The van der Waals surface area contributed by atoms with Crippen LogP contribution in [0.5, 0.6) is 0 Å². The average molecular weight is 478 g/mol. The highest BCUT2D eigenvalue weighted by Crippen LogP contribution is 2.51. The second kappa shape index (κ2) is 9.73. The third-order valence-corrected chi connectivity index (χ3v) is 6.33. The van der Waals surface area contributed by atoms with Crippen LogP contribution in [-0.2, 0) is 4.74 Å². The van der Waals surface area contributed by atoms with Crippen LogP contribution in [0.4, 0.5) is 0 Å². The molecule has 0 aromatic carbocycles. The fourth-order valence-corrected chi connectivity index (χ4v) is 3.99. The highest BCUT2D eigenvalue weighted by molar-refractivity contribution is 14.0. The zero-order valence-corrected chi connectivity index (χ0v) is 19.9. The molecule has 0 radical (unpaired) electrons. The Morgan fingerprint density at radius 2 is 1.85 bits per heavy atom. The lowest BCUT2D eigenvalue weighted by atomic mass is 9.56. The lowest BCUT2D eigenvalue weighted by molar-refractivity contribution is -0.176. The maximum absolute atomic E-state index is 5.74. The molecule has 1 heterocycles. The second-order valence-electron chi connectivity index (χ2n) is 8.53. The first-order valence-corrected chi connectivity index (χ1v) is 9.71. The Morgan fingerprint density at radius 3 is 2.31 bits per heavy atom. The number of ether oxygens (including phenoxy) is 1. The fourth-order valence-electron chi connectivity index (χ4n) is 3.99. The van der Waals surface area contributed by atoms with Crippen LogP contribution < -0.4 is 10.6 Å². The van der Waals surface area contributed by atoms with E-state index in [0.29, 0.717) is 12.1 Å². The Morgan fingerprint density at radius 1 is 1.23 bits per heavy atom. The molecule has 0 amide bonds. The molecule has 26 heavy (non-hydrogen) atoms. The highest BCUT2D eigenvalue weighted by Gasteiger charge is 2.58. The van der Waals surface area contributed by atoms with Crippen molar-refractivity contribution in [1.29, 1.82) is 0 Å². The predicted molar refractivity (Wildman–Crippen MR) is 122 cm³/mol. The highest BCUT2D eigenvalue weighted by atomic mass is 127. The van der Waals surface area contributed by atoms with E-state index in [9.17, 15) is 0 Å². The molecule has 1 saturated carbocycles. The summed E-state index contributed by atoms with van der Waals surface area (Å²) in [5.74, 6) is 0.956. The molecule has 1 aliphatic heterocycles. The summed E-state index contributed by atoms with van der Waals surface area (Å²) in [4.78, 5) is 7.16. The summed E-state index contributed by atoms with van der Waals surface area (Å²) < 4.78 is 5.74. The molecule has 0 aromatic rings. The van der Waals surface area contributed by atoms with Gasteiger partial charge in [-0.25, -0.2) is 0 Å². The first-order valence-electron chi connectivity index (χ1n) is 9.71. The average Bonchev–Trinajstić information content (AvgIpc) is 2.55. The predicted octanol–water partition coefficient (Wildman–Crippen LogP) is 3.40. The number of hydrogen-bond donors (Lipinski definition) is 2. The van der Waals surface area contributed by atoms with Gasteiger partial charge >= 0.3 is 0 Å². The van der Waals surface area contributed by atoms with E-state index in [1.807, 2.05) is 7.11 Å². The van der Waals surface area contributed by atoms with Gasteiger partial charge in [0, 0.05) is 50.8 Å². The molecule has 2 atom stereocenters. The number of hydrogen-bond acceptors (Lipinski definition) is 3. The number of piperidine rings is 1. The van der Waals surface area contributed by atoms with E-state index >= 15 is 0 Å². The van der Waals surface area contributed by atoms with Crippen LogP contribution in [-0.4, -0.2) is 61.8 Å². The molecule has 2 unspecified atom stereocenters. The van der Waals surface area contributed by atoms with Crippen LogP contribution in [0.2, 0.25) is 0 Å². The van der Waals surface area contributed by atoms with E-state index in [-0.39, 0.29) is 35.0 Å². The lowest BCUT2D eigenvalue weighted by Crippen LogP contribution is -2.70. The van der Waals surface area contributed by atoms with Crippen LogP contribution in [0.15, 0.2) is 17.1 Å². The monoisotopic (exact) mass is 478 g/mol. The van der Waals surface area contributed by atoms with Crippen molar-refractivity contribution in [1.82, 2.24) is 15.5 Å². The summed E-state index contributed by atoms with van der Waals surface area (Å²) >= 11 is 0. The largest absolute Gasteiger partial charge is 0.378 e. The number of nitrogens with one attached hydrogen (secondary N) is 2. The first-order chi connectivity index (χ1) is 11.7. The van der Waals surface area contributed by atoms with E-state index < -0.39 is 0 Å². The molecule has 2 aliphatic rings. The summed E-state index contributed by atoms with van der Waals surface area (Å²) in [5.41, 5.74) is 1.27. The number of methoxy groups -OCH3 is 1. The molecule has 2 rings (SSSR count). The van der Waals surface area contributed by atoms with Crippen molar-refractivity contribution >= 4 is 29.9 Å². The van der Waals surface area contributed by atoms with Gasteiger partial charge in [0.05, 0.1) is 5.60 Å². The minimum Gasteiger partial charge on any atom is -0.378 e. The normalized spacial score (nSPS) is 29.5. The summed E-state index contributed by atoms with van der Waals surface area (Å²) in [7, 11) is 1.82. The quantitative estimate of drug-likeness (QED) is 0.266. The zero-order valence-electron chi connectivity index (χ0n) is 17.5. The van der Waals surface area contributed by atoms with Gasteiger partial charge in [-0.15, -0.1) is 24.0 Å². The number of rotatable bonds is 6. The summed E-state index contributed by atoms with van der Waals surface area (Å²) in [6.07, 6.45) is 3.32. The minimum absolute atomic E-state index is 0. The van der Waals surface area contributed by atoms with Gasteiger partial charge in [0.2, 0.25) is 0 Å². The molecule has 0 aromatic heterocycles. The van der Waals surface area contributed by atoms with Crippen LogP contribution in [0, 0.1) is 5.41 Å². The summed E-state index contributed by atoms with van der Waals surface area (Å²) in [6.45, 7) is 19.0. The number of likely N-dealkylation sites (tertiary alicyclic amines) is 1. The molecular weight excluding hydrogens is 439 g/mol. The van der Waals surface area contributed by atoms with Crippen molar-refractivity contribution in [2.75, 3.05) is 33.3 Å². The number of aliphatic imine (C=N–C) groups is 1. The molecule has 6 heteroatoms. The second-order valence-corrected chi connectivity index (χ2v) is 8.53. The molecule has 2 fully saturated rings. The van der Waals surface area contributed by atoms with E-state index in [1.165, 1.54) is 5.57 Å². The maximum atomic E-state index is 5.74. The van der Waals surface area contributed by atoms with E-state index in [4.69, 9.17) is 4.74 Å². The van der Waals surface area contributed by atoms with Gasteiger partial charge in [-0.2, -0.15) is 0 Å². The Bertz CT molecular complexity index is 500. The maximum Gasteiger partial charge on any atom is 0.191 e. The topological polar surface area (TPSA) is 48.9 Å². The van der Waals surface area contributed by atoms with E-state index in [0.717, 1.165) is 51.4 Å². The van der Waals surface area contributed by atoms with Crippen LogP contribution >= 0.6 is 24.0 Å². The van der Waals surface area contributed by atoms with Gasteiger partial charge in [-0.3, -0.25) is 9.89 Å². The molecule has 152 valence electrons. The summed E-state index contributed by atoms with van der Waals surface area (Å²) in [5, 5.41) is 7.32. The zero-order chi connectivity index (χ0) is 18.7. The van der Waals surface area contributed by atoms with Gasteiger partial charge in [0.25, 0.3) is 0 Å². The van der Waals surface area contributed by atoms with E-state index in [2.05, 4.69) is 61.7 Å².